The van der Waals surface area contributed by atoms with Crippen molar-refractivity contribution in [3.8, 4) is 0 Å². The summed E-state index contributed by atoms with van der Waals surface area (Å²) in [6.07, 6.45) is -1.74. The lowest BCUT2D eigenvalue weighted by Crippen LogP contribution is -2.25. The predicted octanol–water partition coefficient (Wildman–Crippen LogP) is 2.84. The minimum Gasteiger partial charge on any atom is -0.447 e. The van der Waals surface area contributed by atoms with Gasteiger partial charge in [0.2, 0.25) is 0 Å². The topological polar surface area (TPSA) is 105 Å². The molecular weight excluding hydrogens is 345 g/mol. The Morgan fingerprint density at radius 2 is 2.12 bits per heavy atom. The highest BCUT2D eigenvalue weighted by Crippen LogP contribution is 2.32. The second kappa shape index (κ2) is 7.36. The smallest absolute Gasteiger partial charge is 0.414 e. The van der Waals surface area contributed by atoms with Gasteiger partial charge in [-0.2, -0.15) is 0 Å². The Morgan fingerprint density at radius 3 is 2.77 bits per heavy atom. The van der Waals surface area contributed by atoms with Gasteiger partial charge in [-0.3, -0.25) is 15.0 Å². The van der Waals surface area contributed by atoms with E-state index in [1.165, 1.54) is 41.3 Å². The van der Waals surface area contributed by atoms with Crippen molar-refractivity contribution in [3.05, 3.63) is 64.0 Å². The number of aliphatic hydroxyl groups excluding tert-OH is 1. The quantitative estimate of drug-likeness (QED) is 0.605. The normalized spacial score (nSPS) is 14.8. The van der Waals surface area contributed by atoms with Crippen molar-refractivity contribution in [1.29, 1.82) is 0 Å². The van der Waals surface area contributed by atoms with Gasteiger partial charge in [0.05, 0.1) is 28.9 Å². The summed E-state index contributed by atoms with van der Waals surface area (Å²) in [6, 6.07) is 9.82. The number of benzene rings is 2. The van der Waals surface area contributed by atoms with Gasteiger partial charge in [-0.1, -0.05) is 18.2 Å². The van der Waals surface area contributed by atoms with Crippen molar-refractivity contribution in [2.45, 2.75) is 6.10 Å². The zero-order chi connectivity index (χ0) is 18.7. The van der Waals surface area contributed by atoms with Crippen molar-refractivity contribution < 1.29 is 24.0 Å². The minimum absolute atomic E-state index is 0.0470. The highest BCUT2D eigenvalue weighted by Gasteiger charge is 2.27. The number of cyclic esters (lactones) is 1. The monoisotopic (exact) mass is 361 g/mol. The van der Waals surface area contributed by atoms with Crippen molar-refractivity contribution in [2.75, 3.05) is 29.9 Å². The van der Waals surface area contributed by atoms with Gasteiger partial charge in [0.25, 0.3) is 5.69 Å². The first-order chi connectivity index (χ1) is 12.5. The number of nitro groups is 1. The molecule has 8 nitrogen and oxygen atoms in total. The molecule has 1 atom stereocenters. The van der Waals surface area contributed by atoms with Crippen molar-refractivity contribution >= 4 is 23.2 Å². The van der Waals surface area contributed by atoms with Crippen LogP contribution in [-0.4, -0.2) is 35.8 Å². The van der Waals surface area contributed by atoms with E-state index in [1.807, 2.05) is 0 Å². The molecule has 26 heavy (non-hydrogen) atoms. The van der Waals surface area contributed by atoms with Gasteiger partial charge in [-0.15, -0.1) is 0 Å². The van der Waals surface area contributed by atoms with E-state index in [-0.39, 0.29) is 36.6 Å². The molecule has 1 saturated heterocycles. The Morgan fingerprint density at radius 1 is 1.35 bits per heavy atom. The first-order valence-electron chi connectivity index (χ1n) is 7.86. The summed E-state index contributed by atoms with van der Waals surface area (Å²) in [6.45, 7) is 0.387. The van der Waals surface area contributed by atoms with Crippen LogP contribution in [0.1, 0.15) is 11.7 Å². The zero-order valence-electron chi connectivity index (χ0n) is 13.6. The molecular formula is C17H16FN3O5. The average Bonchev–Trinajstić information content (AvgIpc) is 3.05. The number of nitro benzene ring substituents is 1. The number of carbonyl (C=O) groups is 1. The van der Waals surface area contributed by atoms with Crippen LogP contribution in [0.3, 0.4) is 0 Å². The van der Waals surface area contributed by atoms with Crippen molar-refractivity contribution in [1.82, 2.24) is 0 Å². The largest absolute Gasteiger partial charge is 0.447 e. The molecule has 1 amide bonds. The average molecular weight is 361 g/mol. The van der Waals surface area contributed by atoms with Crippen molar-refractivity contribution in [2.24, 2.45) is 0 Å². The van der Waals surface area contributed by atoms with Crippen LogP contribution < -0.4 is 10.2 Å². The Kier molecular flexibility index (Phi) is 4.99. The molecule has 0 spiro atoms. The molecule has 1 aliphatic rings. The van der Waals surface area contributed by atoms with Gasteiger partial charge in [-0.25, -0.2) is 9.18 Å². The number of rotatable bonds is 6. The third-order valence-electron chi connectivity index (χ3n) is 3.99. The molecule has 1 fully saturated rings. The van der Waals surface area contributed by atoms with Gasteiger partial charge in [0.1, 0.15) is 12.4 Å². The number of amides is 1. The summed E-state index contributed by atoms with van der Waals surface area (Å²) >= 11 is 0. The van der Waals surface area contributed by atoms with E-state index in [0.717, 1.165) is 0 Å². The van der Waals surface area contributed by atoms with Crippen LogP contribution in [0.2, 0.25) is 0 Å². The number of carbonyl (C=O) groups excluding carboxylic acids is 1. The van der Waals surface area contributed by atoms with Gasteiger partial charge in [-0.05, 0) is 12.1 Å². The van der Waals surface area contributed by atoms with Crippen LogP contribution in [-0.2, 0) is 4.74 Å². The van der Waals surface area contributed by atoms with E-state index in [4.69, 9.17) is 4.74 Å². The number of non-ortho nitro benzene ring substituents is 1. The minimum atomic E-state index is -1.13. The van der Waals surface area contributed by atoms with Crippen LogP contribution in [0, 0.1) is 15.9 Å². The Bertz CT molecular complexity index is 845. The molecule has 1 heterocycles. The summed E-state index contributed by atoms with van der Waals surface area (Å²) in [5.41, 5.74) is 0.608. The van der Waals surface area contributed by atoms with E-state index < -0.39 is 22.9 Å². The SMILES string of the molecule is O=C1OCCN1c1cc([N+](=O)[O-])ccc1NCC(O)c1ccccc1F. The number of anilines is 2. The fourth-order valence-electron chi connectivity index (χ4n) is 2.68. The van der Waals surface area contributed by atoms with Crippen molar-refractivity contribution in [3.63, 3.8) is 0 Å². The fraction of sp³-hybridized carbons (Fsp3) is 0.235. The molecule has 9 heteroatoms. The second-order valence-corrected chi connectivity index (χ2v) is 5.64. The molecule has 0 aliphatic carbocycles. The Hall–Kier alpha value is -3.20. The molecule has 0 saturated carbocycles. The van der Waals surface area contributed by atoms with E-state index in [1.54, 1.807) is 6.07 Å². The predicted molar refractivity (Wildman–Crippen MR) is 91.6 cm³/mol. The molecule has 2 aromatic rings. The fourth-order valence-corrected chi connectivity index (χ4v) is 2.68. The maximum Gasteiger partial charge on any atom is 0.414 e. The Labute approximate surface area is 148 Å². The lowest BCUT2D eigenvalue weighted by molar-refractivity contribution is -0.384. The van der Waals surface area contributed by atoms with E-state index >= 15 is 0 Å². The molecule has 136 valence electrons. The second-order valence-electron chi connectivity index (χ2n) is 5.64. The number of hydrogen-bond acceptors (Lipinski definition) is 6. The first-order valence-corrected chi connectivity index (χ1v) is 7.86. The van der Waals surface area contributed by atoms with E-state index in [2.05, 4.69) is 5.32 Å². The summed E-state index contributed by atoms with van der Waals surface area (Å²) in [5, 5.41) is 24.1. The molecule has 1 aliphatic heterocycles. The van der Waals surface area contributed by atoms with Crippen LogP contribution in [0.4, 0.5) is 26.2 Å². The number of hydrogen-bond donors (Lipinski definition) is 2. The molecule has 3 rings (SSSR count). The van der Waals surface area contributed by atoms with Gasteiger partial charge < -0.3 is 15.2 Å². The summed E-state index contributed by atoms with van der Waals surface area (Å²) in [5.74, 6) is -0.533. The Balaban J connectivity index is 1.83. The number of aliphatic hydroxyl groups is 1. The molecule has 0 radical (unpaired) electrons. The van der Waals surface area contributed by atoms with Gasteiger partial charge in [0, 0.05) is 24.2 Å². The zero-order valence-corrected chi connectivity index (χ0v) is 13.6. The number of ether oxygens (including phenoxy) is 1. The summed E-state index contributed by atoms with van der Waals surface area (Å²) < 4.78 is 18.6. The van der Waals surface area contributed by atoms with E-state index in [9.17, 15) is 24.4 Å². The third kappa shape index (κ3) is 3.57. The van der Waals surface area contributed by atoms with Crippen LogP contribution in [0.15, 0.2) is 42.5 Å². The molecule has 1 unspecified atom stereocenters. The summed E-state index contributed by atoms with van der Waals surface area (Å²) in [7, 11) is 0. The molecule has 0 bridgehead atoms. The lowest BCUT2D eigenvalue weighted by atomic mass is 10.1. The highest BCUT2D eigenvalue weighted by atomic mass is 19.1. The van der Waals surface area contributed by atoms with Crippen LogP contribution >= 0.6 is 0 Å². The van der Waals surface area contributed by atoms with E-state index in [0.29, 0.717) is 5.69 Å². The standard InChI is InChI=1S/C17H16FN3O5/c18-13-4-2-1-3-12(13)16(22)10-19-14-6-5-11(21(24)25)9-15(14)20-7-8-26-17(20)23/h1-6,9,16,19,22H,7-8,10H2. The maximum atomic E-state index is 13.8. The van der Waals surface area contributed by atoms with Gasteiger partial charge >= 0.3 is 6.09 Å². The maximum absolute atomic E-state index is 13.8. The molecule has 2 N–H and O–H groups in total. The highest BCUT2D eigenvalue weighted by molar-refractivity contribution is 5.94. The number of nitrogens with zero attached hydrogens (tertiary/aromatic N) is 2. The first kappa shape index (κ1) is 17.6. The molecule has 2 aromatic carbocycles. The van der Waals surface area contributed by atoms with Crippen LogP contribution in [0.25, 0.3) is 0 Å². The lowest BCUT2D eigenvalue weighted by Gasteiger charge is -2.20. The summed E-state index contributed by atoms with van der Waals surface area (Å²) in [4.78, 5) is 23.5. The van der Waals surface area contributed by atoms with Crippen LogP contribution in [0.5, 0.6) is 0 Å². The van der Waals surface area contributed by atoms with Gasteiger partial charge in [0.15, 0.2) is 0 Å². The number of nitrogens with one attached hydrogen (secondary N) is 1. The third-order valence-corrected chi connectivity index (χ3v) is 3.99. The molecule has 0 aromatic heterocycles. The number of halogens is 1.